The van der Waals surface area contributed by atoms with Crippen molar-refractivity contribution >= 4 is 65.7 Å². The number of halogens is 1. The Morgan fingerprint density at radius 3 is 2.54 bits per heavy atom. The Morgan fingerprint density at radius 1 is 1.11 bits per heavy atom. The molecule has 6 rings (SSSR count). The summed E-state index contributed by atoms with van der Waals surface area (Å²) in [6.07, 6.45) is 10.6. The Hall–Kier alpha value is -3.75. The SMILES string of the molecule is Cn1ncc(CN(c2cnc3cc(N4CCOCC4)nc(OC4CCC(Nc5ncccn5)CC4)c3c2)S(C)(=O)=O)c1N(O)I=O. The van der Waals surface area contributed by atoms with Gasteiger partial charge in [-0.1, -0.05) is 0 Å². The number of hydrogen-bond acceptors (Lipinski definition) is 13. The Labute approximate surface area is 276 Å². The first-order chi connectivity index (χ1) is 22.2. The molecule has 0 aromatic carbocycles. The minimum Gasteiger partial charge on any atom is -0.474 e. The summed E-state index contributed by atoms with van der Waals surface area (Å²) < 4.78 is 53.0. The number of morpholine rings is 1. The molecule has 0 bridgehead atoms. The number of sulfonamides is 1. The maximum Gasteiger partial charge on any atom is 0.301 e. The second-order valence-corrected chi connectivity index (χ2v) is 14.4. The van der Waals surface area contributed by atoms with Crippen LogP contribution in [-0.2, 0) is 31.4 Å². The predicted molar refractivity (Wildman–Crippen MR) is 178 cm³/mol. The van der Waals surface area contributed by atoms with Gasteiger partial charge in [0.05, 0.1) is 55.0 Å². The summed E-state index contributed by atoms with van der Waals surface area (Å²) >= 11 is -1.96. The molecular weight excluding hydrogens is 731 g/mol. The quantitative estimate of drug-likeness (QED) is 0.129. The van der Waals surface area contributed by atoms with Crippen LogP contribution in [0.5, 0.6) is 5.88 Å². The van der Waals surface area contributed by atoms with Crippen molar-refractivity contribution in [2.45, 2.75) is 44.4 Å². The third-order valence-corrected chi connectivity index (χ3v) is 10.00. The number of nitrogens with one attached hydrogen (secondary N) is 1. The second kappa shape index (κ2) is 13.9. The smallest absolute Gasteiger partial charge is 0.301 e. The summed E-state index contributed by atoms with van der Waals surface area (Å²) in [5, 5.41) is 18.3. The zero-order chi connectivity index (χ0) is 32.3. The molecule has 0 radical (unpaired) electrons. The van der Waals surface area contributed by atoms with Crippen LogP contribution in [0.4, 0.5) is 23.3 Å². The fourth-order valence-electron chi connectivity index (χ4n) is 5.70. The maximum atomic E-state index is 13.1. The van der Waals surface area contributed by atoms with E-state index in [1.54, 1.807) is 31.6 Å². The molecule has 5 heterocycles. The molecule has 4 aromatic rings. The number of hydrogen-bond donors (Lipinski definition) is 2. The van der Waals surface area contributed by atoms with Crippen molar-refractivity contribution in [2.75, 3.05) is 50.4 Å². The van der Waals surface area contributed by atoms with Crippen LogP contribution in [0.3, 0.4) is 0 Å². The highest BCUT2D eigenvalue weighted by molar-refractivity contribution is 14.1. The van der Waals surface area contributed by atoms with Crippen molar-refractivity contribution in [3.8, 4) is 5.88 Å². The van der Waals surface area contributed by atoms with Gasteiger partial charge >= 0.3 is 21.5 Å². The molecule has 0 amide bonds. The van der Waals surface area contributed by atoms with E-state index in [1.165, 1.54) is 21.4 Å². The van der Waals surface area contributed by atoms with Crippen LogP contribution in [0, 0.1) is 0 Å². The fourth-order valence-corrected chi connectivity index (χ4v) is 7.37. The second-order valence-electron chi connectivity index (χ2n) is 11.2. The maximum absolute atomic E-state index is 13.1. The molecule has 1 saturated heterocycles. The Balaban J connectivity index is 1.31. The number of fused-ring (bicyclic) bond motifs is 1. The van der Waals surface area contributed by atoms with Gasteiger partial charge in [-0.2, -0.15) is 10.1 Å². The van der Waals surface area contributed by atoms with Crippen molar-refractivity contribution in [1.82, 2.24) is 29.7 Å². The normalized spacial score (nSPS) is 18.8. The van der Waals surface area contributed by atoms with Crippen LogP contribution < -0.4 is 22.5 Å². The Bertz CT molecular complexity index is 1780. The first kappa shape index (κ1) is 32.2. The molecule has 0 atom stereocenters. The molecule has 4 aromatic heterocycles. The van der Waals surface area contributed by atoms with Crippen molar-refractivity contribution in [3.63, 3.8) is 0 Å². The number of nitrogens with zero attached hydrogens (tertiary/aromatic N) is 9. The van der Waals surface area contributed by atoms with Crippen LogP contribution in [0.15, 0.2) is 43.0 Å². The van der Waals surface area contributed by atoms with Gasteiger partial charge in [-0.15, -0.1) is 3.28 Å². The van der Waals surface area contributed by atoms with E-state index in [0.29, 0.717) is 63.7 Å². The minimum atomic E-state index is -3.84. The van der Waals surface area contributed by atoms with Crippen LogP contribution in [0.1, 0.15) is 31.2 Å². The van der Waals surface area contributed by atoms with Crippen LogP contribution in [-0.4, -0.2) is 88.0 Å². The molecular formula is C28H35IN10O6S. The fraction of sp³-hybridized carbons (Fsp3) is 0.464. The van der Waals surface area contributed by atoms with E-state index in [9.17, 15) is 16.7 Å². The molecule has 46 heavy (non-hydrogen) atoms. The summed E-state index contributed by atoms with van der Waals surface area (Å²) in [7, 11) is -2.26. The minimum absolute atomic E-state index is 0.107. The molecule has 246 valence electrons. The number of anilines is 4. The highest BCUT2D eigenvalue weighted by Crippen LogP contribution is 2.35. The number of aromatic nitrogens is 6. The Kier molecular flexibility index (Phi) is 9.76. The lowest BCUT2D eigenvalue weighted by molar-refractivity contribution is 0.122. The van der Waals surface area contributed by atoms with Gasteiger partial charge in [-0.3, -0.25) is 14.5 Å². The molecule has 1 aliphatic carbocycles. The molecule has 2 N–H and O–H groups in total. The lowest BCUT2D eigenvalue weighted by atomic mass is 9.93. The third kappa shape index (κ3) is 7.29. The zero-order valence-corrected chi connectivity index (χ0v) is 28.3. The number of aryl methyl sites for hydroxylation is 1. The van der Waals surface area contributed by atoms with E-state index < -0.39 is 31.5 Å². The zero-order valence-electron chi connectivity index (χ0n) is 25.4. The molecule has 0 spiro atoms. The molecule has 0 unspecified atom stereocenters. The Morgan fingerprint density at radius 2 is 1.85 bits per heavy atom. The van der Waals surface area contributed by atoms with Crippen molar-refractivity contribution in [2.24, 2.45) is 7.05 Å². The summed E-state index contributed by atoms with van der Waals surface area (Å²) in [5.74, 6) is 1.84. The van der Waals surface area contributed by atoms with Crippen molar-refractivity contribution in [3.05, 3.63) is 48.5 Å². The van der Waals surface area contributed by atoms with Gasteiger partial charge in [-0.25, -0.2) is 26.1 Å². The summed E-state index contributed by atoms with van der Waals surface area (Å²) in [4.78, 5) is 20.3. The van der Waals surface area contributed by atoms with E-state index in [4.69, 9.17) is 14.5 Å². The van der Waals surface area contributed by atoms with Gasteiger partial charge in [0.25, 0.3) is 0 Å². The van der Waals surface area contributed by atoms with E-state index in [-0.39, 0.29) is 30.2 Å². The summed E-state index contributed by atoms with van der Waals surface area (Å²) in [6, 6.07) is 5.59. The van der Waals surface area contributed by atoms with Crippen LogP contribution in [0.25, 0.3) is 10.9 Å². The van der Waals surface area contributed by atoms with Gasteiger partial charge in [0, 0.05) is 50.2 Å². The molecule has 2 aliphatic rings. The lowest BCUT2D eigenvalue weighted by Crippen LogP contribution is -2.37. The monoisotopic (exact) mass is 766 g/mol. The molecule has 16 nitrogen and oxygen atoms in total. The van der Waals surface area contributed by atoms with E-state index in [0.717, 1.165) is 31.9 Å². The highest BCUT2D eigenvalue weighted by Gasteiger charge is 2.27. The summed E-state index contributed by atoms with van der Waals surface area (Å²) in [5.41, 5.74) is 1.27. The molecule has 1 saturated carbocycles. The van der Waals surface area contributed by atoms with Gasteiger partial charge in [0.1, 0.15) is 11.9 Å². The van der Waals surface area contributed by atoms with Crippen LogP contribution in [0.2, 0.25) is 0 Å². The van der Waals surface area contributed by atoms with E-state index in [1.807, 2.05) is 6.07 Å². The van der Waals surface area contributed by atoms with Gasteiger partial charge in [0.2, 0.25) is 21.9 Å². The lowest BCUT2D eigenvalue weighted by Gasteiger charge is -2.31. The van der Waals surface area contributed by atoms with E-state index >= 15 is 0 Å². The largest absolute Gasteiger partial charge is 0.474 e. The average molecular weight is 767 g/mol. The number of rotatable bonds is 11. The molecule has 2 fully saturated rings. The van der Waals surface area contributed by atoms with Gasteiger partial charge < -0.3 is 19.7 Å². The molecule has 1 aliphatic heterocycles. The average Bonchev–Trinajstić information content (AvgIpc) is 3.44. The van der Waals surface area contributed by atoms with Crippen molar-refractivity contribution < 1.29 is 26.2 Å². The number of ether oxygens (including phenoxy) is 2. The standard InChI is InChI=1S/C28H35IN10O6S/c1-36-27(39(41)29-40)19(16-33-36)18-38(46(2,42)43)21-14-23-24(32-17-21)15-25(37-10-12-44-13-11-37)35-26(23)45-22-6-4-20(5-7-22)34-28-30-8-3-9-31-28/h3,8-9,14-17,20,22,41H,4-7,10-13,18H2,1-2H3,(H,30,31,34). The van der Waals surface area contributed by atoms with Gasteiger partial charge in [-0.05, 0) is 37.8 Å². The third-order valence-electron chi connectivity index (χ3n) is 8.03. The predicted octanol–water partition coefficient (Wildman–Crippen LogP) is 3.19. The number of pyridine rings is 2. The van der Waals surface area contributed by atoms with E-state index in [2.05, 4.69) is 30.3 Å². The van der Waals surface area contributed by atoms with Gasteiger partial charge in [0.15, 0.2) is 5.82 Å². The molecule has 18 heteroatoms. The first-order valence-electron chi connectivity index (χ1n) is 14.8. The summed E-state index contributed by atoms with van der Waals surface area (Å²) in [6.45, 7) is 2.36. The van der Waals surface area contributed by atoms with Crippen molar-refractivity contribution in [1.29, 1.82) is 0 Å². The van der Waals surface area contributed by atoms with Crippen LogP contribution >= 0.6 is 21.5 Å². The topological polar surface area (TPSA) is 181 Å². The first-order valence-corrected chi connectivity index (χ1v) is 18.5. The highest BCUT2D eigenvalue weighted by atomic mass is 127.